The van der Waals surface area contributed by atoms with E-state index < -0.39 is 11.4 Å². The first kappa shape index (κ1) is 15.8. The van der Waals surface area contributed by atoms with Crippen molar-refractivity contribution >= 4 is 29.3 Å². The van der Waals surface area contributed by atoms with Gasteiger partial charge in [0.2, 0.25) is 0 Å². The highest BCUT2D eigenvalue weighted by Crippen LogP contribution is 2.39. The van der Waals surface area contributed by atoms with Gasteiger partial charge in [0, 0.05) is 30.5 Å². The number of non-ortho nitro benzene ring substituents is 1. The van der Waals surface area contributed by atoms with Gasteiger partial charge in [-0.3, -0.25) is 10.1 Å². The van der Waals surface area contributed by atoms with Crippen LogP contribution in [0.15, 0.2) is 48.5 Å². The molecule has 2 aromatic rings. The van der Waals surface area contributed by atoms with Gasteiger partial charge < -0.3 is 9.42 Å². The van der Waals surface area contributed by atoms with Crippen molar-refractivity contribution in [2.24, 2.45) is 0 Å². The molecular formula is C14H13NO4PS-. The van der Waals surface area contributed by atoms with E-state index >= 15 is 0 Å². The number of hydrogen-bond acceptors (Lipinski definition) is 5. The third kappa shape index (κ3) is 3.54. The molecule has 110 valence electrons. The Bertz CT molecular complexity index is 702. The molecule has 0 fully saturated rings. The van der Waals surface area contributed by atoms with Crippen LogP contribution >= 0.6 is 6.49 Å². The lowest BCUT2D eigenvalue weighted by Crippen LogP contribution is -2.19. The van der Waals surface area contributed by atoms with Gasteiger partial charge in [0.05, 0.1) is 4.92 Å². The summed E-state index contributed by atoms with van der Waals surface area (Å²) >= 11 is 5.09. The molecule has 0 aliphatic carbocycles. The van der Waals surface area contributed by atoms with Gasteiger partial charge in [-0.2, -0.15) is 0 Å². The quantitative estimate of drug-likeness (QED) is 0.480. The van der Waals surface area contributed by atoms with E-state index in [0.717, 1.165) is 0 Å². The minimum Gasteiger partial charge on any atom is -0.797 e. The van der Waals surface area contributed by atoms with E-state index in [1.54, 1.807) is 43.3 Å². The third-order valence-corrected chi connectivity index (χ3v) is 5.37. The number of nitro benzene ring substituents is 1. The van der Waals surface area contributed by atoms with Gasteiger partial charge >= 0.3 is 0 Å². The second-order valence-electron chi connectivity index (χ2n) is 4.24. The van der Waals surface area contributed by atoms with Gasteiger partial charge in [-0.05, 0) is 30.2 Å². The highest BCUT2D eigenvalue weighted by Gasteiger charge is 2.14. The minimum absolute atomic E-state index is 0.00240. The molecule has 0 amide bonds. The first-order valence-electron chi connectivity index (χ1n) is 6.25. The van der Waals surface area contributed by atoms with Gasteiger partial charge in [0.15, 0.2) is 0 Å². The number of nitro groups is 1. The molecule has 0 bridgehead atoms. The molecule has 2 aromatic carbocycles. The summed E-state index contributed by atoms with van der Waals surface area (Å²) in [5.74, 6) is 0. The maximum atomic E-state index is 12.5. The summed E-state index contributed by atoms with van der Waals surface area (Å²) < 4.78 is 5.20. The Labute approximate surface area is 127 Å². The van der Waals surface area contributed by atoms with Crippen LogP contribution in [-0.2, 0) is 16.3 Å². The SMILES string of the molecule is CCOP([O-])(=S)c1ccccc1-c1ccc([N+](=O)[O-])cc1. The first-order chi connectivity index (χ1) is 9.95. The molecule has 0 radical (unpaired) electrons. The average molecular weight is 322 g/mol. The molecule has 0 saturated heterocycles. The van der Waals surface area contributed by atoms with Gasteiger partial charge in [-0.25, -0.2) is 0 Å². The molecule has 7 heteroatoms. The highest BCUT2D eigenvalue weighted by atomic mass is 32.5. The zero-order valence-electron chi connectivity index (χ0n) is 11.3. The Hall–Kier alpha value is -1.59. The predicted molar refractivity (Wildman–Crippen MR) is 84.1 cm³/mol. The van der Waals surface area contributed by atoms with Crippen LogP contribution in [0, 0.1) is 10.1 Å². The average Bonchev–Trinajstić information content (AvgIpc) is 2.47. The maximum Gasteiger partial charge on any atom is 0.269 e. The van der Waals surface area contributed by atoms with Crippen molar-refractivity contribution in [3.8, 4) is 11.1 Å². The van der Waals surface area contributed by atoms with E-state index in [4.69, 9.17) is 16.3 Å². The normalized spacial score (nSPS) is 13.6. The second-order valence-corrected chi connectivity index (χ2v) is 7.41. The Morgan fingerprint density at radius 3 is 2.38 bits per heavy atom. The molecule has 0 spiro atoms. The summed E-state index contributed by atoms with van der Waals surface area (Å²) in [5.41, 5.74) is 1.38. The van der Waals surface area contributed by atoms with Gasteiger partial charge in [-0.1, -0.05) is 36.1 Å². The third-order valence-electron chi connectivity index (χ3n) is 2.89. The molecule has 0 aromatic heterocycles. The summed E-state index contributed by atoms with van der Waals surface area (Å²) in [5, 5.41) is 11.1. The Balaban J connectivity index is 2.50. The largest absolute Gasteiger partial charge is 0.797 e. The second kappa shape index (κ2) is 6.45. The molecule has 1 unspecified atom stereocenters. The molecule has 2 rings (SSSR count). The van der Waals surface area contributed by atoms with Crippen LogP contribution in [0.4, 0.5) is 5.69 Å². The van der Waals surface area contributed by atoms with Crippen LogP contribution in [0.25, 0.3) is 11.1 Å². The Morgan fingerprint density at radius 2 is 1.81 bits per heavy atom. The molecule has 21 heavy (non-hydrogen) atoms. The number of hydrogen-bond donors (Lipinski definition) is 0. The monoisotopic (exact) mass is 322 g/mol. The van der Waals surface area contributed by atoms with Gasteiger partial charge in [0.25, 0.3) is 5.69 Å². The molecule has 0 heterocycles. The fourth-order valence-electron chi connectivity index (χ4n) is 1.96. The van der Waals surface area contributed by atoms with Crippen LogP contribution in [0.3, 0.4) is 0 Å². The van der Waals surface area contributed by atoms with Gasteiger partial charge in [0.1, 0.15) is 0 Å². The topological polar surface area (TPSA) is 75.4 Å². The van der Waals surface area contributed by atoms with Crippen molar-refractivity contribution in [2.75, 3.05) is 6.61 Å². The summed E-state index contributed by atoms with van der Waals surface area (Å²) in [4.78, 5) is 22.7. The summed E-state index contributed by atoms with van der Waals surface area (Å²) in [6.07, 6.45) is 0. The van der Waals surface area contributed by atoms with E-state index in [1.165, 1.54) is 12.1 Å². The van der Waals surface area contributed by atoms with E-state index in [0.29, 0.717) is 16.4 Å². The van der Waals surface area contributed by atoms with Gasteiger partial charge in [-0.15, -0.1) is 0 Å². The number of nitrogens with zero attached hydrogens (tertiary/aromatic N) is 1. The van der Waals surface area contributed by atoms with Crippen LogP contribution in [0.5, 0.6) is 0 Å². The standard InChI is InChI=1S/C14H14NO4PS/c1-2-19-20(18,21)14-6-4-3-5-13(14)11-7-9-12(10-8-11)15(16)17/h3-10H,2H2,1H3,(H,18,21)/p-1. The van der Waals surface area contributed by atoms with Crippen LogP contribution in [0.2, 0.25) is 0 Å². The van der Waals surface area contributed by atoms with E-state index in [1.807, 2.05) is 0 Å². The zero-order valence-corrected chi connectivity index (χ0v) is 13.0. The van der Waals surface area contributed by atoms with Crippen molar-refractivity contribution < 1.29 is 14.3 Å². The molecule has 0 aliphatic heterocycles. The smallest absolute Gasteiger partial charge is 0.269 e. The minimum atomic E-state index is -3.33. The summed E-state index contributed by atoms with van der Waals surface area (Å²) in [6, 6.07) is 13.0. The highest BCUT2D eigenvalue weighted by molar-refractivity contribution is 8.12. The van der Waals surface area contributed by atoms with Crippen LogP contribution in [0.1, 0.15) is 6.92 Å². The van der Waals surface area contributed by atoms with E-state index in [-0.39, 0.29) is 12.3 Å². The van der Waals surface area contributed by atoms with Crippen molar-refractivity contribution in [3.63, 3.8) is 0 Å². The first-order valence-corrected chi connectivity index (χ1v) is 8.89. The van der Waals surface area contributed by atoms with Crippen LogP contribution < -0.4 is 10.2 Å². The van der Waals surface area contributed by atoms with Crippen molar-refractivity contribution in [1.82, 2.24) is 0 Å². The predicted octanol–water partition coefficient (Wildman–Crippen LogP) is 2.59. The Kier molecular flexibility index (Phi) is 4.85. The lowest BCUT2D eigenvalue weighted by molar-refractivity contribution is -0.384. The fourth-order valence-corrected chi connectivity index (χ4v) is 4.00. The van der Waals surface area contributed by atoms with Crippen molar-refractivity contribution in [2.45, 2.75) is 6.92 Å². The van der Waals surface area contributed by atoms with Crippen molar-refractivity contribution in [3.05, 3.63) is 58.6 Å². The van der Waals surface area contributed by atoms with Crippen LogP contribution in [-0.4, -0.2) is 11.5 Å². The molecule has 0 saturated carbocycles. The van der Waals surface area contributed by atoms with Crippen molar-refractivity contribution in [1.29, 1.82) is 0 Å². The fraction of sp³-hybridized carbons (Fsp3) is 0.143. The number of rotatable bonds is 5. The number of benzene rings is 2. The Morgan fingerprint density at radius 1 is 1.19 bits per heavy atom. The maximum absolute atomic E-state index is 12.5. The zero-order chi connectivity index (χ0) is 15.5. The van der Waals surface area contributed by atoms with E-state index in [2.05, 4.69) is 0 Å². The summed E-state index contributed by atoms with van der Waals surface area (Å²) in [6.45, 7) is -1.34. The molecule has 5 nitrogen and oxygen atoms in total. The molecule has 0 N–H and O–H groups in total. The molecule has 1 atom stereocenters. The lowest BCUT2D eigenvalue weighted by Gasteiger charge is -2.29. The summed E-state index contributed by atoms with van der Waals surface area (Å²) in [7, 11) is 0. The molecular weight excluding hydrogens is 309 g/mol. The van der Waals surface area contributed by atoms with E-state index in [9.17, 15) is 15.0 Å². The lowest BCUT2D eigenvalue weighted by atomic mass is 10.1. The molecule has 0 aliphatic rings.